The van der Waals surface area contributed by atoms with Gasteiger partial charge in [-0.25, -0.2) is 13.8 Å². The van der Waals surface area contributed by atoms with E-state index in [1.54, 1.807) is 17.8 Å². The van der Waals surface area contributed by atoms with E-state index in [9.17, 15) is 18.9 Å². The van der Waals surface area contributed by atoms with E-state index in [4.69, 9.17) is 0 Å². The summed E-state index contributed by atoms with van der Waals surface area (Å²) in [4.78, 5) is 14.0. The van der Waals surface area contributed by atoms with Crippen molar-refractivity contribution in [3.63, 3.8) is 0 Å². The Balaban J connectivity index is 2.31. The van der Waals surface area contributed by atoms with Gasteiger partial charge in [0.1, 0.15) is 5.82 Å². The predicted molar refractivity (Wildman–Crippen MR) is 63.5 cm³/mol. The summed E-state index contributed by atoms with van der Waals surface area (Å²) in [5.41, 5.74) is -0.999. The number of nitro benzene ring substituents is 1. The maximum atomic E-state index is 13.6. The van der Waals surface area contributed by atoms with Crippen molar-refractivity contribution in [1.29, 1.82) is 0 Å². The zero-order chi connectivity index (χ0) is 14.0. The molecule has 1 N–H and O–H groups in total. The second-order valence-electron chi connectivity index (χ2n) is 3.82. The maximum Gasteiger partial charge on any atom is 0.295 e. The third kappa shape index (κ3) is 2.51. The fourth-order valence-corrected chi connectivity index (χ4v) is 1.60. The van der Waals surface area contributed by atoms with Crippen LogP contribution in [-0.2, 0) is 13.6 Å². The number of aryl methyl sites for hydroxylation is 1. The Morgan fingerprint density at radius 3 is 2.79 bits per heavy atom. The van der Waals surface area contributed by atoms with E-state index in [0.29, 0.717) is 5.82 Å². The van der Waals surface area contributed by atoms with Gasteiger partial charge in [0.2, 0.25) is 0 Å². The molecular formula is C11H10F2N4O2. The Bertz CT molecular complexity index is 627. The number of nitro groups is 1. The molecule has 0 fully saturated rings. The van der Waals surface area contributed by atoms with Crippen LogP contribution in [0.2, 0.25) is 0 Å². The van der Waals surface area contributed by atoms with Crippen molar-refractivity contribution in [3.05, 3.63) is 52.1 Å². The van der Waals surface area contributed by atoms with Gasteiger partial charge in [0, 0.05) is 25.5 Å². The van der Waals surface area contributed by atoms with Crippen molar-refractivity contribution in [3.8, 4) is 0 Å². The first-order valence-corrected chi connectivity index (χ1v) is 5.33. The average Bonchev–Trinajstić information content (AvgIpc) is 2.76. The molecule has 2 rings (SSSR count). The van der Waals surface area contributed by atoms with Gasteiger partial charge in [-0.05, 0) is 6.07 Å². The van der Waals surface area contributed by atoms with Gasteiger partial charge in [0.15, 0.2) is 17.3 Å². The third-order valence-electron chi connectivity index (χ3n) is 2.61. The van der Waals surface area contributed by atoms with Crippen molar-refractivity contribution in [2.45, 2.75) is 6.54 Å². The molecule has 0 bridgehead atoms. The van der Waals surface area contributed by atoms with Gasteiger partial charge in [-0.2, -0.15) is 0 Å². The number of halogens is 2. The van der Waals surface area contributed by atoms with Gasteiger partial charge in [0.25, 0.3) is 5.69 Å². The van der Waals surface area contributed by atoms with Crippen LogP contribution in [0.1, 0.15) is 5.82 Å². The van der Waals surface area contributed by atoms with E-state index in [-0.39, 0.29) is 6.54 Å². The quantitative estimate of drug-likeness (QED) is 0.681. The SMILES string of the molecule is Cn1ccnc1CNc1c([N+](=O)[O-])ccc(F)c1F. The molecule has 0 saturated carbocycles. The predicted octanol–water partition coefficient (Wildman–Crippen LogP) is 2.22. The minimum Gasteiger partial charge on any atom is -0.370 e. The highest BCUT2D eigenvalue weighted by molar-refractivity contribution is 5.62. The molecule has 0 amide bonds. The number of imidazole rings is 1. The second kappa shape index (κ2) is 5.01. The van der Waals surface area contributed by atoms with E-state index in [2.05, 4.69) is 10.3 Å². The fourth-order valence-electron chi connectivity index (χ4n) is 1.60. The molecule has 8 heteroatoms. The van der Waals surface area contributed by atoms with Crippen LogP contribution in [0.15, 0.2) is 24.5 Å². The van der Waals surface area contributed by atoms with Crippen LogP contribution in [-0.4, -0.2) is 14.5 Å². The Kier molecular flexibility index (Phi) is 3.41. The van der Waals surface area contributed by atoms with E-state index >= 15 is 0 Å². The molecule has 0 aliphatic carbocycles. The van der Waals surface area contributed by atoms with Crippen LogP contribution >= 0.6 is 0 Å². The largest absolute Gasteiger partial charge is 0.370 e. The van der Waals surface area contributed by atoms with Crippen LogP contribution in [0.4, 0.5) is 20.2 Å². The van der Waals surface area contributed by atoms with Crippen molar-refractivity contribution >= 4 is 11.4 Å². The molecule has 0 aliphatic rings. The van der Waals surface area contributed by atoms with Crippen LogP contribution < -0.4 is 5.32 Å². The number of nitrogens with one attached hydrogen (secondary N) is 1. The second-order valence-corrected chi connectivity index (χ2v) is 3.82. The summed E-state index contributed by atoms with van der Waals surface area (Å²) in [6, 6.07) is 1.64. The topological polar surface area (TPSA) is 73.0 Å². The highest BCUT2D eigenvalue weighted by Gasteiger charge is 2.21. The molecule has 0 spiro atoms. The standard InChI is InChI=1S/C11H10F2N4O2/c1-16-5-4-14-9(16)6-15-11-8(17(18)19)3-2-7(12)10(11)13/h2-5,15H,6H2,1H3. The van der Waals surface area contributed by atoms with E-state index in [1.165, 1.54) is 6.20 Å². The lowest BCUT2D eigenvalue weighted by atomic mass is 10.2. The van der Waals surface area contributed by atoms with E-state index in [1.807, 2.05) is 0 Å². The Morgan fingerprint density at radius 2 is 2.21 bits per heavy atom. The highest BCUT2D eigenvalue weighted by Crippen LogP contribution is 2.29. The average molecular weight is 268 g/mol. The molecule has 19 heavy (non-hydrogen) atoms. The van der Waals surface area contributed by atoms with Crippen molar-refractivity contribution in [2.75, 3.05) is 5.32 Å². The first kappa shape index (κ1) is 12.9. The summed E-state index contributed by atoms with van der Waals surface area (Å²) < 4.78 is 28.4. The molecule has 6 nitrogen and oxygen atoms in total. The Labute approximate surface area is 106 Å². The smallest absolute Gasteiger partial charge is 0.295 e. The summed E-state index contributed by atoms with van der Waals surface area (Å²) >= 11 is 0. The number of hydrogen-bond acceptors (Lipinski definition) is 4. The first-order valence-electron chi connectivity index (χ1n) is 5.33. The molecule has 0 aliphatic heterocycles. The molecule has 1 aromatic heterocycles. The fraction of sp³-hybridized carbons (Fsp3) is 0.182. The van der Waals surface area contributed by atoms with Crippen LogP contribution in [0, 0.1) is 21.7 Å². The van der Waals surface area contributed by atoms with Crippen LogP contribution in [0.25, 0.3) is 0 Å². The Hall–Kier alpha value is -2.51. The minimum atomic E-state index is -1.27. The molecule has 0 unspecified atom stereocenters. The number of aromatic nitrogens is 2. The monoisotopic (exact) mass is 268 g/mol. The van der Waals surface area contributed by atoms with Gasteiger partial charge >= 0.3 is 0 Å². The van der Waals surface area contributed by atoms with Crippen molar-refractivity contribution in [1.82, 2.24) is 9.55 Å². The maximum absolute atomic E-state index is 13.6. The molecule has 0 saturated heterocycles. The molecule has 0 radical (unpaired) electrons. The molecular weight excluding hydrogens is 258 g/mol. The van der Waals surface area contributed by atoms with Gasteiger partial charge < -0.3 is 9.88 Å². The lowest BCUT2D eigenvalue weighted by Gasteiger charge is -2.08. The van der Waals surface area contributed by atoms with E-state index < -0.39 is 27.9 Å². The van der Waals surface area contributed by atoms with Crippen molar-refractivity contribution in [2.24, 2.45) is 7.05 Å². The number of rotatable bonds is 4. The first-order chi connectivity index (χ1) is 9.00. The zero-order valence-corrected chi connectivity index (χ0v) is 9.93. The molecule has 1 aromatic carbocycles. The summed E-state index contributed by atoms with van der Waals surface area (Å²) in [5, 5.41) is 13.3. The van der Waals surface area contributed by atoms with Gasteiger partial charge in [-0.3, -0.25) is 10.1 Å². The molecule has 0 atom stereocenters. The number of anilines is 1. The van der Waals surface area contributed by atoms with Crippen LogP contribution in [0.3, 0.4) is 0 Å². The number of hydrogen-bond donors (Lipinski definition) is 1. The third-order valence-corrected chi connectivity index (χ3v) is 2.61. The normalized spacial score (nSPS) is 10.5. The number of benzene rings is 1. The van der Waals surface area contributed by atoms with Gasteiger partial charge in [-0.15, -0.1) is 0 Å². The minimum absolute atomic E-state index is 0.0463. The number of nitrogens with zero attached hydrogens (tertiary/aromatic N) is 3. The molecule has 100 valence electrons. The van der Waals surface area contributed by atoms with Gasteiger partial charge in [-0.1, -0.05) is 0 Å². The highest BCUT2D eigenvalue weighted by atomic mass is 19.2. The van der Waals surface area contributed by atoms with Crippen LogP contribution in [0.5, 0.6) is 0 Å². The molecule has 2 aromatic rings. The summed E-state index contributed by atoms with van der Waals surface area (Å²) in [6.07, 6.45) is 3.21. The lowest BCUT2D eigenvalue weighted by Crippen LogP contribution is -2.09. The summed E-state index contributed by atoms with van der Waals surface area (Å²) in [7, 11) is 1.72. The summed E-state index contributed by atoms with van der Waals surface area (Å²) in [5.74, 6) is -1.88. The summed E-state index contributed by atoms with van der Waals surface area (Å²) in [6.45, 7) is 0.0463. The van der Waals surface area contributed by atoms with Gasteiger partial charge in [0.05, 0.1) is 11.5 Å². The lowest BCUT2D eigenvalue weighted by molar-refractivity contribution is -0.384. The van der Waals surface area contributed by atoms with E-state index in [0.717, 1.165) is 12.1 Å². The Morgan fingerprint density at radius 1 is 1.47 bits per heavy atom. The molecule has 1 heterocycles. The zero-order valence-electron chi connectivity index (χ0n) is 9.93. The van der Waals surface area contributed by atoms with Crippen molar-refractivity contribution < 1.29 is 13.7 Å².